The summed E-state index contributed by atoms with van der Waals surface area (Å²) in [7, 11) is 1.94. The summed E-state index contributed by atoms with van der Waals surface area (Å²) in [5, 5.41) is 8.71. The monoisotopic (exact) mass is 355 g/mol. The van der Waals surface area contributed by atoms with Crippen LogP contribution in [0.2, 0.25) is 5.02 Å². The molecule has 20 heavy (non-hydrogen) atoms. The first-order chi connectivity index (χ1) is 9.52. The average Bonchev–Trinajstić information content (AvgIpc) is 2.71. The molecule has 1 N–H and O–H groups in total. The highest BCUT2D eigenvalue weighted by atomic mass is 79.9. The van der Waals surface area contributed by atoms with Crippen LogP contribution in [0.4, 0.5) is 0 Å². The molecule has 0 saturated heterocycles. The van der Waals surface area contributed by atoms with Gasteiger partial charge in [0.05, 0.1) is 16.4 Å². The lowest BCUT2D eigenvalue weighted by molar-refractivity contribution is 0.548. The maximum atomic E-state index is 6.35. The Hall–Kier alpha value is -0.840. The summed E-state index contributed by atoms with van der Waals surface area (Å²) in [5.74, 6) is 0. The van der Waals surface area contributed by atoms with Gasteiger partial charge in [0.25, 0.3) is 0 Å². The van der Waals surface area contributed by atoms with Gasteiger partial charge < -0.3 is 5.32 Å². The van der Waals surface area contributed by atoms with E-state index in [1.165, 1.54) is 5.56 Å². The molecule has 0 aliphatic heterocycles. The van der Waals surface area contributed by atoms with Gasteiger partial charge in [-0.3, -0.25) is 4.68 Å². The van der Waals surface area contributed by atoms with E-state index in [1.807, 2.05) is 11.7 Å². The van der Waals surface area contributed by atoms with Crippen molar-refractivity contribution < 1.29 is 0 Å². The van der Waals surface area contributed by atoms with Crippen molar-refractivity contribution in [2.24, 2.45) is 7.05 Å². The first-order valence-electron chi connectivity index (χ1n) is 6.72. The van der Waals surface area contributed by atoms with Crippen LogP contribution in [0.25, 0.3) is 0 Å². The van der Waals surface area contributed by atoms with Crippen LogP contribution in [0.15, 0.2) is 28.7 Å². The standard InChI is InChI=1S/C15H19BrClN3/c1-4-13-15(17)14(20(3)19-13)9-18-10(2)11-5-7-12(16)8-6-11/h5-8,10,18H,4,9H2,1-3H3. The number of aryl methyl sites for hydroxylation is 2. The molecule has 0 aliphatic rings. The van der Waals surface area contributed by atoms with Gasteiger partial charge in [-0.15, -0.1) is 0 Å². The molecule has 0 aliphatic carbocycles. The van der Waals surface area contributed by atoms with E-state index in [9.17, 15) is 0 Å². The van der Waals surface area contributed by atoms with Gasteiger partial charge in [-0.1, -0.05) is 46.6 Å². The molecule has 0 amide bonds. The molecule has 3 nitrogen and oxygen atoms in total. The minimum atomic E-state index is 0.263. The second-order valence-electron chi connectivity index (χ2n) is 4.84. The summed E-state index contributed by atoms with van der Waals surface area (Å²) >= 11 is 9.80. The molecule has 1 aromatic carbocycles. The smallest absolute Gasteiger partial charge is 0.0863 e. The lowest BCUT2D eigenvalue weighted by Gasteiger charge is -2.14. The highest BCUT2D eigenvalue weighted by Crippen LogP contribution is 2.22. The molecule has 0 bridgehead atoms. The number of nitrogens with one attached hydrogen (secondary N) is 1. The Morgan fingerprint density at radius 2 is 2.00 bits per heavy atom. The zero-order valence-electron chi connectivity index (χ0n) is 12.0. The lowest BCUT2D eigenvalue weighted by Crippen LogP contribution is -2.20. The maximum Gasteiger partial charge on any atom is 0.0863 e. The number of aromatic nitrogens is 2. The highest BCUT2D eigenvalue weighted by Gasteiger charge is 2.14. The van der Waals surface area contributed by atoms with E-state index >= 15 is 0 Å². The van der Waals surface area contributed by atoms with E-state index in [0.717, 1.165) is 27.3 Å². The molecule has 1 aromatic heterocycles. The third-order valence-electron chi connectivity index (χ3n) is 3.45. The molecule has 2 rings (SSSR count). The number of benzene rings is 1. The predicted molar refractivity (Wildman–Crippen MR) is 87.0 cm³/mol. The number of hydrogen-bond acceptors (Lipinski definition) is 2. The Bertz CT molecular complexity index is 578. The van der Waals surface area contributed by atoms with Crippen LogP contribution >= 0.6 is 27.5 Å². The molecule has 0 radical (unpaired) electrons. The molecule has 1 atom stereocenters. The highest BCUT2D eigenvalue weighted by molar-refractivity contribution is 9.10. The van der Waals surface area contributed by atoms with Crippen LogP contribution in [-0.2, 0) is 20.0 Å². The molecular formula is C15H19BrClN3. The first-order valence-corrected chi connectivity index (χ1v) is 7.89. The predicted octanol–water partition coefficient (Wildman–Crippen LogP) is 4.25. The van der Waals surface area contributed by atoms with Gasteiger partial charge in [0, 0.05) is 24.1 Å². The number of nitrogens with zero attached hydrogens (tertiary/aromatic N) is 2. The van der Waals surface area contributed by atoms with Crippen LogP contribution in [0.1, 0.15) is 36.8 Å². The minimum absolute atomic E-state index is 0.263. The summed E-state index contributed by atoms with van der Waals surface area (Å²) in [5.41, 5.74) is 3.25. The zero-order valence-corrected chi connectivity index (χ0v) is 14.3. The average molecular weight is 357 g/mol. The van der Waals surface area contributed by atoms with Gasteiger partial charge in [0.1, 0.15) is 0 Å². The van der Waals surface area contributed by atoms with E-state index in [4.69, 9.17) is 11.6 Å². The molecule has 0 saturated carbocycles. The second-order valence-corrected chi connectivity index (χ2v) is 6.13. The summed E-state index contributed by atoms with van der Waals surface area (Å²) in [6, 6.07) is 8.60. The molecule has 108 valence electrons. The normalized spacial score (nSPS) is 12.7. The largest absolute Gasteiger partial charge is 0.305 e. The maximum absolute atomic E-state index is 6.35. The van der Waals surface area contributed by atoms with Crippen molar-refractivity contribution >= 4 is 27.5 Å². The van der Waals surface area contributed by atoms with Crippen molar-refractivity contribution in [1.29, 1.82) is 0 Å². The van der Waals surface area contributed by atoms with Crippen molar-refractivity contribution in [2.45, 2.75) is 32.9 Å². The Morgan fingerprint density at radius 3 is 2.55 bits per heavy atom. The van der Waals surface area contributed by atoms with Crippen LogP contribution < -0.4 is 5.32 Å². The van der Waals surface area contributed by atoms with Gasteiger partial charge in [0.2, 0.25) is 0 Å². The van der Waals surface area contributed by atoms with Crippen LogP contribution in [0, 0.1) is 0 Å². The number of rotatable bonds is 5. The van der Waals surface area contributed by atoms with Crippen molar-refractivity contribution in [1.82, 2.24) is 15.1 Å². The summed E-state index contributed by atoms with van der Waals surface area (Å²) in [6.45, 7) is 4.92. The third-order valence-corrected chi connectivity index (χ3v) is 4.41. The van der Waals surface area contributed by atoms with E-state index in [0.29, 0.717) is 6.54 Å². The van der Waals surface area contributed by atoms with Gasteiger partial charge in [0.15, 0.2) is 0 Å². The van der Waals surface area contributed by atoms with Crippen molar-refractivity contribution in [3.63, 3.8) is 0 Å². The van der Waals surface area contributed by atoms with E-state index in [-0.39, 0.29) is 6.04 Å². The van der Waals surface area contributed by atoms with E-state index in [2.05, 4.69) is 64.5 Å². The zero-order chi connectivity index (χ0) is 14.7. The molecule has 0 spiro atoms. The van der Waals surface area contributed by atoms with E-state index in [1.54, 1.807) is 0 Å². The Morgan fingerprint density at radius 1 is 1.35 bits per heavy atom. The molecule has 1 heterocycles. The lowest BCUT2D eigenvalue weighted by atomic mass is 10.1. The van der Waals surface area contributed by atoms with Crippen molar-refractivity contribution in [3.8, 4) is 0 Å². The number of hydrogen-bond donors (Lipinski definition) is 1. The van der Waals surface area contributed by atoms with Crippen LogP contribution in [-0.4, -0.2) is 9.78 Å². The topological polar surface area (TPSA) is 29.9 Å². The fourth-order valence-electron chi connectivity index (χ4n) is 2.13. The third kappa shape index (κ3) is 3.43. The minimum Gasteiger partial charge on any atom is -0.305 e. The Balaban J connectivity index is 2.05. The van der Waals surface area contributed by atoms with E-state index < -0.39 is 0 Å². The first kappa shape index (κ1) is 15.5. The van der Waals surface area contributed by atoms with Gasteiger partial charge >= 0.3 is 0 Å². The Kier molecular flexibility index (Phi) is 5.24. The fourth-order valence-corrected chi connectivity index (χ4v) is 2.76. The molecule has 0 fully saturated rings. The van der Waals surface area contributed by atoms with Crippen molar-refractivity contribution in [2.75, 3.05) is 0 Å². The van der Waals surface area contributed by atoms with Crippen LogP contribution in [0.3, 0.4) is 0 Å². The summed E-state index contributed by atoms with van der Waals surface area (Å²) < 4.78 is 2.96. The SMILES string of the molecule is CCc1nn(C)c(CNC(C)c2ccc(Br)cc2)c1Cl. The Labute approximate surface area is 133 Å². The second kappa shape index (κ2) is 6.74. The fraction of sp³-hybridized carbons (Fsp3) is 0.400. The summed E-state index contributed by atoms with van der Waals surface area (Å²) in [4.78, 5) is 0. The van der Waals surface area contributed by atoms with Gasteiger partial charge in [-0.2, -0.15) is 5.10 Å². The van der Waals surface area contributed by atoms with Crippen LogP contribution in [0.5, 0.6) is 0 Å². The van der Waals surface area contributed by atoms with Crippen molar-refractivity contribution in [3.05, 3.63) is 50.7 Å². The van der Waals surface area contributed by atoms with Gasteiger partial charge in [-0.05, 0) is 31.0 Å². The van der Waals surface area contributed by atoms with Gasteiger partial charge in [-0.25, -0.2) is 0 Å². The molecular weight excluding hydrogens is 338 g/mol. The molecule has 5 heteroatoms. The quantitative estimate of drug-likeness (QED) is 0.868. The number of halogens is 2. The summed E-state index contributed by atoms with van der Waals surface area (Å²) in [6.07, 6.45) is 0.856. The molecule has 2 aromatic rings. The molecule has 1 unspecified atom stereocenters.